The van der Waals surface area contributed by atoms with E-state index < -0.39 is 17.6 Å². The van der Waals surface area contributed by atoms with Gasteiger partial charge in [0.15, 0.2) is 0 Å². The third kappa shape index (κ3) is 4.34. The maximum atomic E-state index is 13.6. The standard InChI is InChI=1S/C23H21F4N5O2/c24-18-6-13(5-17(8-18)23(25,26)27)1-4-21(33)31-9-15-11-32(12-16(15)10-31)22(34)14-2-3-19-20(7-14)29-30-28-19/h2-3,5-8,15-16H,1,4,9-12H2,(H,28,29,30)/t15-,16+. The van der Waals surface area contributed by atoms with Crippen molar-refractivity contribution in [3.63, 3.8) is 0 Å². The average Bonchev–Trinajstić information content (AvgIpc) is 3.50. The monoisotopic (exact) mass is 475 g/mol. The lowest BCUT2D eigenvalue weighted by molar-refractivity contribution is -0.137. The van der Waals surface area contributed by atoms with Gasteiger partial charge in [-0.1, -0.05) is 5.21 Å². The highest BCUT2D eigenvalue weighted by molar-refractivity contribution is 5.97. The van der Waals surface area contributed by atoms with Crippen LogP contribution in [0.25, 0.3) is 11.0 Å². The van der Waals surface area contributed by atoms with Crippen molar-refractivity contribution in [3.05, 3.63) is 58.9 Å². The largest absolute Gasteiger partial charge is 0.416 e. The molecule has 2 aromatic carbocycles. The molecule has 178 valence electrons. The number of fused-ring (bicyclic) bond motifs is 2. The number of aromatic nitrogens is 3. The Bertz CT molecular complexity index is 1240. The predicted molar refractivity (Wildman–Crippen MR) is 113 cm³/mol. The number of amides is 2. The maximum Gasteiger partial charge on any atom is 0.416 e. The third-order valence-corrected chi connectivity index (χ3v) is 6.61. The quantitative estimate of drug-likeness (QED) is 0.588. The molecule has 11 heteroatoms. The summed E-state index contributed by atoms with van der Waals surface area (Å²) in [6.45, 7) is 2.05. The van der Waals surface area contributed by atoms with Gasteiger partial charge in [-0.2, -0.15) is 13.2 Å². The molecule has 5 rings (SSSR count). The highest BCUT2D eigenvalue weighted by atomic mass is 19.4. The Labute approximate surface area is 191 Å². The summed E-state index contributed by atoms with van der Waals surface area (Å²) in [5, 5.41) is 10.4. The minimum absolute atomic E-state index is 0.000545. The van der Waals surface area contributed by atoms with E-state index in [4.69, 9.17) is 0 Å². The van der Waals surface area contributed by atoms with E-state index in [1.807, 2.05) is 0 Å². The molecular weight excluding hydrogens is 454 g/mol. The summed E-state index contributed by atoms with van der Waals surface area (Å²) in [5.41, 5.74) is 0.973. The molecule has 2 aliphatic rings. The summed E-state index contributed by atoms with van der Waals surface area (Å²) in [6.07, 6.45) is -4.61. The Morgan fingerprint density at radius 1 is 1.00 bits per heavy atom. The van der Waals surface area contributed by atoms with Crippen LogP contribution in [0.4, 0.5) is 17.6 Å². The van der Waals surface area contributed by atoms with Crippen LogP contribution in [-0.4, -0.2) is 63.2 Å². The predicted octanol–water partition coefficient (Wildman–Crippen LogP) is 3.28. The Balaban J connectivity index is 1.16. The number of hydrogen-bond acceptors (Lipinski definition) is 4. The first-order valence-corrected chi connectivity index (χ1v) is 10.9. The van der Waals surface area contributed by atoms with Crippen LogP contribution in [0.2, 0.25) is 0 Å². The van der Waals surface area contributed by atoms with Crippen molar-refractivity contribution in [2.45, 2.75) is 19.0 Å². The first kappa shape index (κ1) is 22.3. The second kappa shape index (κ2) is 8.37. The second-order valence-corrected chi connectivity index (χ2v) is 8.92. The van der Waals surface area contributed by atoms with Gasteiger partial charge in [-0.25, -0.2) is 4.39 Å². The van der Waals surface area contributed by atoms with E-state index in [2.05, 4.69) is 15.4 Å². The molecule has 0 aliphatic carbocycles. The maximum absolute atomic E-state index is 13.6. The Hall–Kier alpha value is -3.50. The molecule has 0 radical (unpaired) electrons. The molecule has 34 heavy (non-hydrogen) atoms. The number of carbonyl (C=O) groups excluding carboxylic acids is 2. The van der Waals surface area contributed by atoms with Gasteiger partial charge in [0.05, 0.1) is 11.1 Å². The molecule has 1 aromatic heterocycles. The number of aromatic amines is 1. The minimum atomic E-state index is -4.64. The van der Waals surface area contributed by atoms with Gasteiger partial charge in [0.2, 0.25) is 5.91 Å². The van der Waals surface area contributed by atoms with Gasteiger partial charge in [-0.3, -0.25) is 14.7 Å². The van der Waals surface area contributed by atoms with Crippen molar-refractivity contribution in [1.82, 2.24) is 25.2 Å². The number of hydrogen-bond donors (Lipinski definition) is 1. The van der Waals surface area contributed by atoms with Crippen LogP contribution in [0.1, 0.15) is 27.9 Å². The number of halogens is 4. The van der Waals surface area contributed by atoms with Gasteiger partial charge >= 0.3 is 6.18 Å². The zero-order chi connectivity index (χ0) is 24.0. The second-order valence-electron chi connectivity index (χ2n) is 8.92. The SMILES string of the molecule is O=C(CCc1cc(F)cc(C(F)(F)F)c1)N1C[C@@H]2CN(C(=O)c3ccc4[nH]nnc4c3)C[C@@H]2C1. The Morgan fingerprint density at radius 3 is 2.41 bits per heavy atom. The lowest BCUT2D eigenvalue weighted by atomic mass is 10.0. The molecule has 0 spiro atoms. The number of rotatable bonds is 4. The smallest absolute Gasteiger partial charge is 0.342 e. The number of nitrogens with zero attached hydrogens (tertiary/aromatic N) is 4. The summed E-state index contributed by atoms with van der Waals surface area (Å²) in [7, 11) is 0. The first-order valence-electron chi connectivity index (χ1n) is 10.9. The highest BCUT2D eigenvalue weighted by Crippen LogP contribution is 2.33. The molecule has 0 saturated carbocycles. The van der Waals surface area contributed by atoms with Crippen molar-refractivity contribution in [2.75, 3.05) is 26.2 Å². The molecule has 2 atom stereocenters. The summed E-state index contributed by atoms with van der Waals surface area (Å²) in [6, 6.07) is 7.54. The van der Waals surface area contributed by atoms with Crippen LogP contribution in [0.3, 0.4) is 0 Å². The third-order valence-electron chi connectivity index (χ3n) is 6.61. The summed E-state index contributed by atoms with van der Waals surface area (Å²) >= 11 is 0. The molecule has 2 aliphatic heterocycles. The van der Waals surface area contributed by atoms with Crippen molar-refractivity contribution in [2.24, 2.45) is 11.8 Å². The fourth-order valence-electron chi connectivity index (χ4n) is 4.89. The number of carbonyl (C=O) groups is 2. The van der Waals surface area contributed by atoms with E-state index in [1.54, 1.807) is 28.0 Å². The Kier molecular flexibility index (Phi) is 5.49. The van der Waals surface area contributed by atoms with Crippen LogP contribution in [0.5, 0.6) is 0 Å². The Morgan fingerprint density at radius 2 is 1.71 bits per heavy atom. The summed E-state index contributed by atoms with van der Waals surface area (Å²) < 4.78 is 52.3. The number of alkyl halides is 3. The van der Waals surface area contributed by atoms with E-state index in [1.165, 1.54) is 0 Å². The van der Waals surface area contributed by atoms with Gasteiger partial charge in [0.25, 0.3) is 5.91 Å². The number of nitrogens with one attached hydrogen (secondary N) is 1. The van der Waals surface area contributed by atoms with Crippen LogP contribution in [-0.2, 0) is 17.4 Å². The van der Waals surface area contributed by atoms with Crippen LogP contribution in [0, 0.1) is 17.7 Å². The van der Waals surface area contributed by atoms with Crippen LogP contribution in [0.15, 0.2) is 36.4 Å². The van der Waals surface area contributed by atoms with Crippen molar-refractivity contribution >= 4 is 22.8 Å². The molecule has 0 unspecified atom stereocenters. The van der Waals surface area contributed by atoms with Crippen LogP contribution >= 0.6 is 0 Å². The number of likely N-dealkylation sites (tertiary alicyclic amines) is 2. The molecule has 3 heterocycles. The zero-order valence-electron chi connectivity index (χ0n) is 18.0. The highest BCUT2D eigenvalue weighted by Gasteiger charge is 2.43. The fourth-order valence-corrected chi connectivity index (χ4v) is 4.89. The van der Waals surface area contributed by atoms with E-state index in [0.29, 0.717) is 43.3 Å². The van der Waals surface area contributed by atoms with Crippen molar-refractivity contribution < 1.29 is 27.2 Å². The van der Waals surface area contributed by atoms with Gasteiger partial charge < -0.3 is 9.80 Å². The van der Waals surface area contributed by atoms with Crippen LogP contribution < -0.4 is 0 Å². The molecule has 2 fully saturated rings. The summed E-state index contributed by atoms with van der Waals surface area (Å²) in [5.74, 6) is -0.949. The average molecular weight is 475 g/mol. The zero-order valence-corrected chi connectivity index (χ0v) is 18.0. The fraction of sp³-hybridized carbons (Fsp3) is 0.391. The molecule has 3 aromatic rings. The van der Waals surface area contributed by atoms with E-state index in [-0.39, 0.29) is 42.1 Å². The lowest BCUT2D eigenvalue weighted by Crippen LogP contribution is -2.35. The summed E-state index contributed by atoms with van der Waals surface area (Å²) in [4.78, 5) is 29.1. The minimum Gasteiger partial charge on any atom is -0.342 e. The van der Waals surface area contributed by atoms with Crippen molar-refractivity contribution in [3.8, 4) is 0 Å². The molecule has 2 saturated heterocycles. The van der Waals surface area contributed by atoms with E-state index >= 15 is 0 Å². The molecule has 7 nitrogen and oxygen atoms in total. The van der Waals surface area contributed by atoms with E-state index in [9.17, 15) is 27.2 Å². The first-order chi connectivity index (χ1) is 16.2. The molecular formula is C23H21F4N5O2. The van der Waals surface area contributed by atoms with Gasteiger partial charge in [0, 0.05) is 50.0 Å². The van der Waals surface area contributed by atoms with Gasteiger partial charge in [-0.05, 0) is 48.4 Å². The van der Waals surface area contributed by atoms with Crippen molar-refractivity contribution in [1.29, 1.82) is 0 Å². The van der Waals surface area contributed by atoms with E-state index in [0.717, 1.165) is 17.6 Å². The molecule has 0 bridgehead atoms. The molecule has 2 amide bonds. The number of H-pyrrole nitrogens is 1. The molecule has 1 N–H and O–H groups in total. The number of aryl methyl sites for hydroxylation is 1. The lowest BCUT2D eigenvalue weighted by Gasteiger charge is -2.22. The van der Waals surface area contributed by atoms with Gasteiger partial charge in [0.1, 0.15) is 11.3 Å². The topological polar surface area (TPSA) is 82.2 Å². The normalized spacial score (nSPS) is 20.2. The van der Waals surface area contributed by atoms with Gasteiger partial charge in [-0.15, -0.1) is 5.10 Å². The number of benzene rings is 2.